The average Bonchev–Trinajstić information content (AvgIpc) is 2.06. The molecule has 0 fully saturated rings. The standard InChI is InChI=1S/C9H10N2/c1-2-11-9-6-4-3-5-8(9)7-10/h2-7,10H,1H3/b10-7?,11-2-. The summed E-state index contributed by atoms with van der Waals surface area (Å²) in [6, 6.07) is 7.57. The number of hydrogen-bond donors (Lipinski definition) is 1. The first-order valence-corrected chi connectivity index (χ1v) is 3.46. The Kier molecular flexibility index (Phi) is 2.55. The van der Waals surface area contributed by atoms with Crippen molar-refractivity contribution in [3.05, 3.63) is 29.8 Å². The van der Waals surface area contributed by atoms with Crippen LogP contribution in [0.15, 0.2) is 29.3 Å². The predicted molar refractivity (Wildman–Crippen MR) is 48.2 cm³/mol. The number of aliphatic imine (C=N–C) groups is 1. The number of hydrogen-bond acceptors (Lipinski definition) is 2. The van der Waals surface area contributed by atoms with E-state index in [1.54, 1.807) is 6.21 Å². The van der Waals surface area contributed by atoms with Crippen LogP contribution in [0.3, 0.4) is 0 Å². The maximum Gasteiger partial charge on any atom is 0.0713 e. The third-order valence-corrected chi connectivity index (χ3v) is 1.36. The highest BCUT2D eigenvalue weighted by Crippen LogP contribution is 2.15. The zero-order valence-electron chi connectivity index (χ0n) is 6.41. The van der Waals surface area contributed by atoms with Crippen molar-refractivity contribution in [1.29, 1.82) is 5.41 Å². The Hall–Kier alpha value is -1.44. The molecule has 0 amide bonds. The second-order valence-corrected chi connectivity index (χ2v) is 2.09. The van der Waals surface area contributed by atoms with Crippen LogP contribution >= 0.6 is 0 Å². The van der Waals surface area contributed by atoms with Gasteiger partial charge in [-0.25, -0.2) is 0 Å². The van der Waals surface area contributed by atoms with Crippen molar-refractivity contribution in [3.63, 3.8) is 0 Å². The van der Waals surface area contributed by atoms with Crippen LogP contribution in [0, 0.1) is 5.41 Å². The van der Waals surface area contributed by atoms with Crippen LogP contribution in [-0.2, 0) is 0 Å². The van der Waals surface area contributed by atoms with Gasteiger partial charge in [0.1, 0.15) is 0 Å². The summed E-state index contributed by atoms with van der Waals surface area (Å²) in [7, 11) is 0. The fraction of sp³-hybridized carbons (Fsp3) is 0.111. The van der Waals surface area contributed by atoms with E-state index in [0.717, 1.165) is 11.3 Å². The van der Waals surface area contributed by atoms with Crippen molar-refractivity contribution in [1.82, 2.24) is 0 Å². The molecule has 0 heterocycles. The summed E-state index contributed by atoms with van der Waals surface area (Å²) in [6.07, 6.45) is 3.03. The monoisotopic (exact) mass is 146 g/mol. The first-order chi connectivity index (χ1) is 5.38. The van der Waals surface area contributed by atoms with Gasteiger partial charge in [0.05, 0.1) is 5.69 Å². The van der Waals surface area contributed by atoms with Gasteiger partial charge in [0.2, 0.25) is 0 Å². The molecule has 0 spiro atoms. The molecule has 56 valence electrons. The van der Waals surface area contributed by atoms with E-state index in [4.69, 9.17) is 5.41 Å². The fourth-order valence-electron chi connectivity index (χ4n) is 0.866. The van der Waals surface area contributed by atoms with E-state index in [1.165, 1.54) is 6.21 Å². The normalized spacial score (nSPS) is 10.3. The number of benzene rings is 1. The summed E-state index contributed by atoms with van der Waals surface area (Å²) >= 11 is 0. The predicted octanol–water partition coefficient (Wildman–Crippen LogP) is 2.41. The zero-order valence-corrected chi connectivity index (χ0v) is 6.41. The molecule has 0 aliphatic carbocycles. The lowest BCUT2D eigenvalue weighted by atomic mass is 10.2. The molecule has 1 rings (SSSR count). The molecule has 2 nitrogen and oxygen atoms in total. The Morgan fingerprint density at radius 3 is 2.73 bits per heavy atom. The van der Waals surface area contributed by atoms with Gasteiger partial charge in [-0.3, -0.25) is 4.99 Å². The molecular formula is C9H10N2. The second kappa shape index (κ2) is 3.66. The minimum absolute atomic E-state index is 0.852. The van der Waals surface area contributed by atoms with Gasteiger partial charge in [0.15, 0.2) is 0 Å². The summed E-state index contributed by atoms with van der Waals surface area (Å²) in [5.74, 6) is 0. The summed E-state index contributed by atoms with van der Waals surface area (Å²) < 4.78 is 0. The molecule has 1 N–H and O–H groups in total. The van der Waals surface area contributed by atoms with E-state index in [9.17, 15) is 0 Å². The minimum Gasteiger partial charge on any atom is -0.308 e. The van der Waals surface area contributed by atoms with Crippen molar-refractivity contribution < 1.29 is 0 Å². The van der Waals surface area contributed by atoms with Crippen LogP contribution in [0.5, 0.6) is 0 Å². The number of rotatable bonds is 2. The number of nitrogens with one attached hydrogen (secondary N) is 1. The van der Waals surface area contributed by atoms with Crippen molar-refractivity contribution in [2.24, 2.45) is 4.99 Å². The first-order valence-electron chi connectivity index (χ1n) is 3.46. The fourth-order valence-corrected chi connectivity index (χ4v) is 0.866. The summed E-state index contributed by atoms with van der Waals surface area (Å²) in [5, 5.41) is 7.06. The van der Waals surface area contributed by atoms with E-state index >= 15 is 0 Å². The molecular weight excluding hydrogens is 136 g/mol. The summed E-state index contributed by atoms with van der Waals surface area (Å²) in [5.41, 5.74) is 1.70. The molecule has 0 radical (unpaired) electrons. The molecule has 1 aromatic rings. The van der Waals surface area contributed by atoms with Crippen LogP contribution in [0.4, 0.5) is 5.69 Å². The summed E-state index contributed by atoms with van der Waals surface area (Å²) in [6.45, 7) is 1.86. The molecule has 2 heteroatoms. The molecule has 0 aliphatic rings. The molecule has 0 atom stereocenters. The van der Waals surface area contributed by atoms with Gasteiger partial charge >= 0.3 is 0 Å². The number of nitrogens with zero attached hydrogens (tertiary/aromatic N) is 1. The van der Waals surface area contributed by atoms with Crippen LogP contribution in [0.1, 0.15) is 12.5 Å². The van der Waals surface area contributed by atoms with Gasteiger partial charge < -0.3 is 5.41 Å². The van der Waals surface area contributed by atoms with Crippen molar-refractivity contribution >= 4 is 18.1 Å². The summed E-state index contributed by atoms with van der Waals surface area (Å²) in [4.78, 5) is 4.10. The zero-order chi connectivity index (χ0) is 8.10. The lowest BCUT2D eigenvalue weighted by Gasteiger charge is -1.96. The quantitative estimate of drug-likeness (QED) is 0.622. The van der Waals surface area contributed by atoms with Crippen molar-refractivity contribution in [3.8, 4) is 0 Å². The lowest BCUT2D eigenvalue weighted by Crippen LogP contribution is -1.78. The molecule has 11 heavy (non-hydrogen) atoms. The third kappa shape index (κ3) is 1.74. The molecule has 0 saturated carbocycles. The lowest BCUT2D eigenvalue weighted by molar-refractivity contribution is 1.48. The maximum atomic E-state index is 7.06. The highest BCUT2D eigenvalue weighted by molar-refractivity contribution is 5.85. The molecule has 0 aromatic heterocycles. The van der Waals surface area contributed by atoms with E-state index in [2.05, 4.69) is 4.99 Å². The second-order valence-electron chi connectivity index (χ2n) is 2.09. The maximum absolute atomic E-state index is 7.06. The topological polar surface area (TPSA) is 36.2 Å². The Morgan fingerprint density at radius 1 is 1.36 bits per heavy atom. The van der Waals surface area contributed by atoms with Crippen LogP contribution in [0.25, 0.3) is 0 Å². The van der Waals surface area contributed by atoms with E-state index in [-0.39, 0.29) is 0 Å². The molecule has 0 saturated heterocycles. The Labute approximate surface area is 66.1 Å². The molecule has 1 aromatic carbocycles. The Bertz CT molecular complexity index is 277. The number of para-hydroxylation sites is 1. The third-order valence-electron chi connectivity index (χ3n) is 1.36. The van der Waals surface area contributed by atoms with Gasteiger partial charge in [-0.2, -0.15) is 0 Å². The Balaban J connectivity index is 3.11. The van der Waals surface area contributed by atoms with Crippen molar-refractivity contribution in [2.75, 3.05) is 0 Å². The smallest absolute Gasteiger partial charge is 0.0713 e. The van der Waals surface area contributed by atoms with Gasteiger partial charge in [0.25, 0.3) is 0 Å². The van der Waals surface area contributed by atoms with Gasteiger partial charge in [-0.05, 0) is 13.0 Å². The largest absolute Gasteiger partial charge is 0.308 e. The highest BCUT2D eigenvalue weighted by atomic mass is 14.7. The van der Waals surface area contributed by atoms with Gasteiger partial charge in [0, 0.05) is 18.0 Å². The molecule has 0 aliphatic heterocycles. The van der Waals surface area contributed by atoms with Gasteiger partial charge in [-0.1, -0.05) is 18.2 Å². The van der Waals surface area contributed by atoms with E-state index in [1.807, 2.05) is 31.2 Å². The highest BCUT2D eigenvalue weighted by Gasteiger charge is 1.92. The van der Waals surface area contributed by atoms with E-state index in [0.29, 0.717) is 0 Å². The Morgan fingerprint density at radius 2 is 2.09 bits per heavy atom. The first kappa shape index (κ1) is 7.66. The van der Waals surface area contributed by atoms with Gasteiger partial charge in [-0.15, -0.1) is 0 Å². The minimum atomic E-state index is 0.852. The molecule has 0 unspecified atom stereocenters. The average molecular weight is 146 g/mol. The van der Waals surface area contributed by atoms with Crippen molar-refractivity contribution in [2.45, 2.75) is 6.92 Å². The van der Waals surface area contributed by atoms with E-state index < -0.39 is 0 Å². The molecule has 0 bridgehead atoms. The SMILES string of the molecule is C/C=N\c1ccccc1C=N. The van der Waals surface area contributed by atoms with Crippen LogP contribution in [-0.4, -0.2) is 12.4 Å². The van der Waals surface area contributed by atoms with Crippen LogP contribution in [0.2, 0.25) is 0 Å². The van der Waals surface area contributed by atoms with Crippen LogP contribution < -0.4 is 0 Å².